The minimum atomic E-state index is -0.208. The summed E-state index contributed by atoms with van der Waals surface area (Å²) in [5, 5.41) is 9.75. The van der Waals surface area contributed by atoms with Crippen molar-refractivity contribution in [1.29, 1.82) is 0 Å². The van der Waals surface area contributed by atoms with Gasteiger partial charge >= 0.3 is 0 Å². The predicted molar refractivity (Wildman–Crippen MR) is 71.5 cm³/mol. The minimum Gasteiger partial charge on any atom is -0.393 e. The van der Waals surface area contributed by atoms with Crippen molar-refractivity contribution < 1.29 is 9.90 Å². The van der Waals surface area contributed by atoms with Gasteiger partial charge in [-0.05, 0) is 43.7 Å². The molecular formula is C15H20N2O2. The number of carbonyl (C=O) groups is 1. The van der Waals surface area contributed by atoms with Crippen molar-refractivity contribution >= 4 is 5.91 Å². The Morgan fingerprint density at radius 1 is 1.37 bits per heavy atom. The molecule has 2 aliphatic rings. The molecule has 0 radical (unpaired) electrons. The van der Waals surface area contributed by atoms with Crippen LogP contribution in [-0.2, 0) is 11.2 Å². The number of piperidine rings is 1. The molecule has 4 nitrogen and oxygen atoms in total. The number of rotatable bonds is 3. The molecule has 2 saturated heterocycles. The fraction of sp³-hybridized carbons (Fsp3) is 0.600. The lowest BCUT2D eigenvalue weighted by Crippen LogP contribution is -2.48. The van der Waals surface area contributed by atoms with Gasteiger partial charge in [-0.15, -0.1) is 0 Å². The molecule has 4 heteroatoms. The van der Waals surface area contributed by atoms with E-state index in [1.165, 1.54) is 0 Å². The molecule has 3 heterocycles. The van der Waals surface area contributed by atoms with E-state index in [9.17, 15) is 9.90 Å². The third-order valence-electron chi connectivity index (χ3n) is 4.35. The molecule has 0 aromatic carbocycles. The van der Waals surface area contributed by atoms with Crippen LogP contribution in [0.25, 0.3) is 0 Å². The molecule has 2 aliphatic heterocycles. The monoisotopic (exact) mass is 260 g/mol. The molecule has 0 aliphatic carbocycles. The Kier molecular flexibility index (Phi) is 3.51. The number of aliphatic hydroxyl groups excluding tert-OH is 1. The van der Waals surface area contributed by atoms with Gasteiger partial charge in [0.05, 0.1) is 6.10 Å². The van der Waals surface area contributed by atoms with Crippen LogP contribution in [0.2, 0.25) is 0 Å². The van der Waals surface area contributed by atoms with Gasteiger partial charge in [0.25, 0.3) is 0 Å². The SMILES string of the molecule is O=C(CCc1cccnc1)N1C2CCC1CC(O)C2. The zero-order valence-electron chi connectivity index (χ0n) is 11.0. The number of hydrogen-bond acceptors (Lipinski definition) is 3. The van der Waals surface area contributed by atoms with Gasteiger partial charge < -0.3 is 10.0 Å². The molecule has 2 bridgehead atoms. The van der Waals surface area contributed by atoms with E-state index in [1.54, 1.807) is 6.20 Å². The lowest BCUT2D eigenvalue weighted by Gasteiger charge is -2.37. The lowest BCUT2D eigenvalue weighted by molar-refractivity contribution is -0.137. The van der Waals surface area contributed by atoms with Gasteiger partial charge in [0.15, 0.2) is 0 Å². The Hall–Kier alpha value is -1.42. The molecule has 19 heavy (non-hydrogen) atoms. The summed E-state index contributed by atoms with van der Waals surface area (Å²) in [6, 6.07) is 4.46. The van der Waals surface area contributed by atoms with Crippen LogP contribution in [0.3, 0.4) is 0 Å². The van der Waals surface area contributed by atoms with Gasteiger partial charge in [-0.2, -0.15) is 0 Å². The quantitative estimate of drug-likeness (QED) is 0.896. The Morgan fingerprint density at radius 2 is 2.11 bits per heavy atom. The normalized spacial score (nSPS) is 29.5. The molecule has 3 rings (SSSR count). The van der Waals surface area contributed by atoms with Crippen molar-refractivity contribution in [2.24, 2.45) is 0 Å². The first-order chi connectivity index (χ1) is 9.24. The van der Waals surface area contributed by atoms with Crippen molar-refractivity contribution in [1.82, 2.24) is 9.88 Å². The molecular weight excluding hydrogens is 240 g/mol. The van der Waals surface area contributed by atoms with E-state index in [4.69, 9.17) is 0 Å². The topological polar surface area (TPSA) is 53.4 Å². The van der Waals surface area contributed by atoms with Crippen LogP contribution < -0.4 is 0 Å². The van der Waals surface area contributed by atoms with E-state index in [2.05, 4.69) is 4.98 Å². The first kappa shape index (κ1) is 12.6. The van der Waals surface area contributed by atoms with Crippen LogP contribution >= 0.6 is 0 Å². The Balaban J connectivity index is 1.59. The average molecular weight is 260 g/mol. The maximum atomic E-state index is 12.4. The number of hydrogen-bond donors (Lipinski definition) is 1. The van der Waals surface area contributed by atoms with Gasteiger partial charge in [-0.25, -0.2) is 0 Å². The van der Waals surface area contributed by atoms with E-state index in [0.29, 0.717) is 6.42 Å². The summed E-state index contributed by atoms with van der Waals surface area (Å²) in [5.74, 6) is 0.239. The van der Waals surface area contributed by atoms with Crippen molar-refractivity contribution in [3.05, 3.63) is 30.1 Å². The maximum absolute atomic E-state index is 12.4. The fourth-order valence-electron chi connectivity index (χ4n) is 3.48. The molecule has 2 fully saturated rings. The molecule has 1 aromatic heterocycles. The second kappa shape index (κ2) is 5.29. The average Bonchev–Trinajstić information content (AvgIpc) is 2.70. The van der Waals surface area contributed by atoms with Gasteiger partial charge in [-0.1, -0.05) is 6.07 Å². The summed E-state index contributed by atoms with van der Waals surface area (Å²) >= 11 is 0. The molecule has 1 aromatic rings. The van der Waals surface area contributed by atoms with Crippen LogP contribution in [0, 0.1) is 0 Å². The number of aryl methyl sites for hydroxylation is 1. The molecule has 0 spiro atoms. The van der Waals surface area contributed by atoms with E-state index < -0.39 is 0 Å². The summed E-state index contributed by atoms with van der Waals surface area (Å²) in [7, 11) is 0. The second-order valence-electron chi connectivity index (χ2n) is 5.67. The largest absolute Gasteiger partial charge is 0.393 e. The Labute approximate surface area is 113 Å². The molecule has 2 unspecified atom stereocenters. The number of carbonyl (C=O) groups excluding carboxylic acids is 1. The van der Waals surface area contributed by atoms with Gasteiger partial charge in [-0.3, -0.25) is 9.78 Å². The zero-order chi connectivity index (χ0) is 13.2. The lowest BCUT2D eigenvalue weighted by atomic mass is 9.99. The molecule has 2 atom stereocenters. The zero-order valence-corrected chi connectivity index (χ0v) is 11.0. The number of pyridine rings is 1. The smallest absolute Gasteiger partial charge is 0.223 e. The van der Waals surface area contributed by atoms with E-state index in [-0.39, 0.29) is 24.1 Å². The highest BCUT2D eigenvalue weighted by molar-refractivity contribution is 5.77. The highest BCUT2D eigenvalue weighted by Gasteiger charge is 2.42. The summed E-state index contributed by atoms with van der Waals surface area (Å²) in [4.78, 5) is 18.5. The number of aromatic nitrogens is 1. The third-order valence-corrected chi connectivity index (χ3v) is 4.35. The predicted octanol–water partition coefficient (Wildman–Crippen LogP) is 1.53. The van der Waals surface area contributed by atoms with Crippen LogP contribution in [0.4, 0.5) is 0 Å². The first-order valence-electron chi connectivity index (χ1n) is 7.12. The first-order valence-corrected chi connectivity index (χ1v) is 7.12. The molecule has 102 valence electrons. The van der Waals surface area contributed by atoms with Gasteiger partial charge in [0.2, 0.25) is 5.91 Å². The van der Waals surface area contributed by atoms with E-state index in [1.807, 2.05) is 23.2 Å². The van der Waals surface area contributed by atoms with Crippen molar-refractivity contribution in [3.63, 3.8) is 0 Å². The van der Waals surface area contributed by atoms with Crippen molar-refractivity contribution in [2.75, 3.05) is 0 Å². The molecule has 0 saturated carbocycles. The third kappa shape index (κ3) is 2.63. The number of nitrogens with zero attached hydrogens (tertiary/aromatic N) is 2. The molecule has 1 amide bonds. The van der Waals surface area contributed by atoms with Crippen LogP contribution in [0.1, 0.15) is 37.7 Å². The van der Waals surface area contributed by atoms with Crippen LogP contribution in [0.15, 0.2) is 24.5 Å². The highest BCUT2D eigenvalue weighted by atomic mass is 16.3. The Morgan fingerprint density at radius 3 is 2.74 bits per heavy atom. The van der Waals surface area contributed by atoms with Crippen LogP contribution in [0.5, 0.6) is 0 Å². The minimum absolute atomic E-state index is 0.208. The second-order valence-corrected chi connectivity index (χ2v) is 5.67. The van der Waals surface area contributed by atoms with E-state index >= 15 is 0 Å². The number of amides is 1. The van der Waals surface area contributed by atoms with E-state index in [0.717, 1.165) is 37.7 Å². The fourth-order valence-corrected chi connectivity index (χ4v) is 3.48. The summed E-state index contributed by atoms with van der Waals surface area (Å²) in [5.41, 5.74) is 1.11. The molecule has 1 N–H and O–H groups in total. The highest BCUT2D eigenvalue weighted by Crippen LogP contribution is 2.36. The number of aliphatic hydroxyl groups is 1. The summed E-state index contributed by atoms with van der Waals surface area (Å²) in [6.07, 6.45) is 8.30. The summed E-state index contributed by atoms with van der Waals surface area (Å²) in [6.45, 7) is 0. The number of fused-ring (bicyclic) bond motifs is 2. The maximum Gasteiger partial charge on any atom is 0.223 e. The van der Waals surface area contributed by atoms with Crippen molar-refractivity contribution in [2.45, 2.75) is 56.7 Å². The van der Waals surface area contributed by atoms with Gasteiger partial charge in [0, 0.05) is 30.9 Å². The van der Waals surface area contributed by atoms with Crippen molar-refractivity contribution in [3.8, 4) is 0 Å². The summed E-state index contributed by atoms with van der Waals surface area (Å²) < 4.78 is 0. The standard InChI is InChI=1S/C15H20N2O2/c18-14-8-12-4-5-13(9-14)17(12)15(19)6-3-11-2-1-7-16-10-11/h1-2,7,10,12-14,18H,3-6,8-9H2. The Bertz CT molecular complexity index is 435. The van der Waals surface area contributed by atoms with Gasteiger partial charge in [0.1, 0.15) is 0 Å². The van der Waals surface area contributed by atoms with Crippen LogP contribution in [-0.4, -0.2) is 39.1 Å².